The molecule has 20 heavy (non-hydrogen) atoms. The number of ether oxygens (including phenoxy) is 1. The van der Waals surface area contributed by atoms with Crippen LogP contribution in [0.25, 0.3) is 0 Å². The van der Waals surface area contributed by atoms with Gasteiger partial charge in [0.15, 0.2) is 0 Å². The summed E-state index contributed by atoms with van der Waals surface area (Å²) in [6.07, 6.45) is 0.495. The summed E-state index contributed by atoms with van der Waals surface area (Å²) in [6, 6.07) is 3.93. The van der Waals surface area contributed by atoms with Crippen LogP contribution in [0.1, 0.15) is 18.9 Å². The summed E-state index contributed by atoms with van der Waals surface area (Å²) in [5.74, 6) is -0.424. The molecule has 108 valence electrons. The Morgan fingerprint density at radius 2 is 2.20 bits per heavy atom. The van der Waals surface area contributed by atoms with E-state index in [0.29, 0.717) is 17.7 Å². The molecule has 2 rings (SSSR count). The van der Waals surface area contributed by atoms with Gasteiger partial charge in [0, 0.05) is 18.2 Å². The molecule has 1 aliphatic rings. The number of amides is 2. The van der Waals surface area contributed by atoms with E-state index in [1.165, 1.54) is 18.1 Å². The number of halogens is 1. The summed E-state index contributed by atoms with van der Waals surface area (Å²) in [5.41, 5.74) is 0.368. The van der Waals surface area contributed by atoms with Gasteiger partial charge in [0.25, 0.3) is 0 Å². The summed E-state index contributed by atoms with van der Waals surface area (Å²) >= 11 is 0. The normalized spacial score (nSPS) is 18.9. The average Bonchev–Trinajstić information content (AvgIpc) is 2.45. The Hall–Kier alpha value is -2.11. The van der Waals surface area contributed by atoms with Crippen molar-refractivity contribution in [1.82, 2.24) is 10.2 Å². The van der Waals surface area contributed by atoms with Crippen LogP contribution in [0.3, 0.4) is 0 Å². The SMILES string of the molecule is CCC1C(=O)NCC(=O)N1Cc1ccc(OC)cc1F. The van der Waals surface area contributed by atoms with E-state index in [-0.39, 0.29) is 24.9 Å². The number of piperazine rings is 1. The van der Waals surface area contributed by atoms with E-state index in [1.54, 1.807) is 12.1 Å². The molecule has 1 atom stereocenters. The van der Waals surface area contributed by atoms with Gasteiger partial charge in [0.1, 0.15) is 17.6 Å². The quantitative estimate of drug-likeness (QED) is 0.897. The third-order valence-electron chi connectivity index (χ3n) is 3.40. The van der Waals surface area contributed by atoms with Gasteiger partial charge in [0.05, 0.1) is 13.7 Å². The first-order valence-corrected chi connectivity index (χ1v) is 6.46. The maximum atomic E-state index is 13.9. The summed E-state index contributed by atoms with van der Waals surface area (Å²) < 4.78 is 18.9. The van der Waals surface area contributed by atoms with Crippen molar-refractivity contribution in [2.45, 2.75) is 25.9 Å². The highest BCUT2D eigenvalue weighted by atomic mass is 19.1. The standard InChI is InChI=1S/C14H17FN2O3/c1-3-12-14(19)16-7-13(18)17(12)8-9-4-5-10(20-2)6-11(9)15/h4-6,12H,3,7-8H2,1-2H3,(H,16,19). The summed E-state index contributed by atoms with van der Waals surface area (Å²) in [4.78, 5) is 25.1. The number of nitrogens with zero attached hydrogens (tertiary/aromatic N) is 1. The molecule has 1 unspecified atom stereocenters. The molecular weight excluding hydrogens is 263 g/mol. The van der Waals surface area contributed by atoms with Crippen LogP contribution in [0.4, 0.5) is 4.39 Å². The van der Waals surface area contributed by atoms with Crippen molar-refractivity contribution in [2.24, 2.45) is 0 Å². The lowest BCUT2D eigenvalue weighted by Crippen LogP contribution is -2.57. The van der Waals surface area contributed by atoms with Crippen LogP contribution in [0.15, 0.2) is 18.2 Å². The van der Waals surface area contributed by atoms with Crippen molar-refractivity contribution in [1.29, 1.82) is 0 Å². The molecule has 1 aromatic carbocycles. The Labute approximate surface area is 116 Å². The van der Waals surface area contributed by atoms with Crippen molar-refractivity contribution in [3.63, 3.8) is 0 Å². The topological polar surface area (TPSA) is 58.6 Å². The predicted molar refractivity (Wildman–Crippen MR) is 70.6 cm³/mol. The monoisotopic (exact) mass is 280 g/mol. The molecule has 0 saturated carbocycles. The number of nitrogens with one attached hydrogen (secondary N) is 1. The van der Waals surface area contributed by atoms with E-state index in [1.807, 2.05) is 6.92 Å². The second-order valence-corrected chi connectivity index (χ2v) is 4.62. The number of carbonyl (C=O) groups excluding carboxylic acids is 2. The molecule has 1 saturated heterocycles. The number of rotatable bonds is 4. The van der Waals surface area contributed by atoms with Crippen LogP contribution in [0.2, 0.25) is 0 Å². The van der Waals surface area contributed by atoms with Gasteiger partial charge in [-0.15, -0.1) is 0 Å². The molecule has 5 nitrogen and oxygen atoms in total. The molecule has 0 radical (unpaired) electrons. The van der Waals surface area contributed by atoms with Crippen LogP contribution in [0, 0.1) is 5.82 Å². The third kappa shape index (κ3) is 2.74. The van der Waals surface area contributed by atoms with Gasteiger partial charge >= 0.3 is 0 Å². The minimum absolute atomic E-state index is 0.0346. The number of methoxy groups -OCH3 is 1. The van der Waals surface area contributed by atoms with Gasteiger partial charge in [-0.25, -0.2) is 4.39 Å². The fourth-order valence-electron chi connectivity index (χ4n) is 2.27. The van der Waals surface area contributed by atoms with Gasteiger partial charge in [-0.1, -0.05) is 13.0 Å². The Balaban J connectivity index is 2.22. The first-order valence-electron chi connectivity index (χ1n) is 6.46. The minimum Gasteiger partial charge on any atom is -0.497 e. The minimum atomic E-state index is -0.544. The molecule has 0 spiro atoms. The Kier molecular flexibility index (Phi) is 4.22. The summed E-state index contributed by atoms with van der Waals surface area (Å²) in [6.45, 7) is 1.87. The fourth-order valence-corrected chi connectivity index (χ4v) is 2.27. The maximum absolute atomic E-state index is 13.9. The Morgan fingerprint density at radius 1 is 1.45 bits per heavy atom. The highest BCUT2D eigenvalue weighted by Crippen LogP contribution is 2.20. The largest absolute Gasteiger partial charge is 0.497 e. The Morgan fingerprint density at radius 3 is 2.80 bits per heavy atom. The zero-order valence-corrected chi connectivity index (χ0v) is 11.5. The number of benzene rings is 1. The highest BCUT2D eigenvalue weighted by Gasteiger charge is 2.33. The molecule has 1 aliphatic heterocycles. The predicted octanol–water partition coefficient (Wildman–Crippen LogP) is 1.07. The van der Waals surface area contributed by atoms with Crippen molar-refractivity contribution in [3.8, 4) is 5.75 Å². The van der Waals surface area contributed by atoms with Crippen LogP contribution < -0.4 is 10.1 Å². The molecule has 0 aromatic heterocycles. The van der Waals surface area contributed by atoms with Crippen molar-refractivity contribution in [2.75, 3.05) is 13.7 Å². The third-order valence-corrected chi connectivity index (χ3v) is 3.40. The van der Waals surface area contributed by atoms with Gasteiger partial charge in [-0.3, -0.25) is 9.59 Å². The molecule has 1 aromatic rings. The van der Waals surface area contributed by atoms with Crippen LogP contribution >= 0.6 is 0 Å². The number of carbonyl (C=O) groups is 2. The number of hydrogen-bond donors (Lipinski definition) is 1. The second kappa shape index (κ2) is 5.90. The van der Waals surface area contributed by atoms with Crippen molar-refractivity contribution < 1.29 is 18.7 Å². The lowest BCUT2D eigenvalue weighted by atomic mass is 10.1. The smallest absolute Gasteiger partial charge is 0.243 e. The van der Waals surface area contributed by atoms with Crippen LogP contribution in [0.5, 0.6) is 5.75 Å². The molecule has 0 bridgehead atoms. The van der Waals surface area contributed by atoms with E-state index in [2.05, 4.69) is 5.32 Å². The van der Waals surface area contributed by atoms with Gasteiger partial charge in [-0.05, 0) is 12.5 Å². The summed E-state index contributed by atoms with van der Waals surface area (Å²) in [5, 5.41) is 2.54. The molecule has 2 amide bonds. The second-order valence-electron chi connectivity index (χ2n) is 4.62. The van der Waals surface area contributed by atoms with E-state index in [9.17, 15) is 14.0 Å². The molecule has 1 fully saturated rings. The fraction of sp³-hybridized carbons (Fsp3) is 0.429. The van der Waals surface area contributed by atoms with Crippen LogP contribution in [-0.2, 0) is 16.1 Å². The molecular formula is C14H17FN2O3. The number of hydrogen-bond acceptors (Lipinski definition) is 3. The lowest BCUT2D eigenvalue weighted by molar-refractivity contribution is -0.146. The zero-order chi connectivity index (χ0) is 14.7. The van der Waals surface area contributed by atoms with Gasteiger partial charge in [0.2, 0.25) is 11.8 Å². The Bertz CT molecular complexity index is 533. The van der Waals surface area contributed by atoms with Gasteiger partial charge in [-0.2, -0.15) is 0 Å². The van der Waals surface area contributed by atoms with E-state index < -0.39 is 11.9 Å². The lowest BCUT2D eigenvalue weighted by Gasteiger charge is -2.34. The van der Waals surface area contributed by atoms with Gasteiger partial charge < -0.3 is 15.0 Å². The average molecular weight is 280 g/mol. The highest BCUT2D eigenvalue weighted by molar-refractivity contribution is 5.94. The molecule has 1 N–H and O–H groups in total. The van der Waals surface area contributed by atoms with Crippen LogP contribution in [-0.4, -0.2) is 36.4 Å². The molecule has 0 aliphatic carbocycles. The molecule has 6 heteroatoms. The van der Waals surface area contributed by atoms with Crippen molar-refractivity contribution >= 4 is 11.8 Å². The van der Waals surface area contributed by atoms with E-state index in [0.717, 1.165) is 0 Å². The molecule has 1 heterocycles. The first-order chi connectivity index (χ1) is 9.56. The van der Waals surface area contributed by atoms with E-state index in [4.69, 9.17) is 4.74 Å². The zero-order valence-electron chi connectivity index (χ0n) is 11.5. The summed E-state index contributed by atoms with van der Waals surface area (Å²) in [7, 11) is 1.46. The first kappa shape index (κ1) is 14.3. The van der Waals surface area contributed by atoms with Crippen molar-refractivity contribution in [3.05, 3.63) is 29.6 Å². The maximum Gasteiger partial charge on any atom is 0.243 e. The van der Waals surface area contributed by atoms with E-state index >= 15 is 0 Å².